The number of hydrogen-bond donors (Lipinski definition) is 1. The van der Waals surface area contributed by atoms with Gasteiger partial charge in [-0.2, -0.15) is 4.99 Å². The Morgan fingerprint density at radius 1 is 1.06 bits per heavy atom. The lowest BCUT2D eigenvalue weighted by atomic mass is 10.2. The van der Waals surface area contributed by atoms with Crippen LogP contribution < -0.4 is 19.0 Å². The maximum Gasteiger partial charge on any atom is 0.279 e. The van der Waals surface area contributed by atoms with Crippen molar-refractivity contribution in [2.45, 2.75) is 4.90 Å². The Morgan fingerprint density at radius 2 is 1.76 bits per heavy atom. The standard InChI is InChI=1S/C23H18FN3O5S2/c1-27-18-12-19-20(32-10-9-31-19)13-21(18)33-23(27)25-22(28)14-3-2-4-16(11-14)26-34(29,30)17-7-5-15(24)6-8-17/h2-8,11-13,26H,9-10H2,1H3. The third kappa shape index (κ3) is 4.27. The van der Waals surface area contributed by atoms with Crippen molar-refractivity contribution in [2.75, 3.05) is 17.9 Å². The van der Waals surface area contributed by atoms with Crippen molar-refractivity contribution in [3.05, 3.63) is 76.8 Å². The highest BCUT2D eigenvalue weighted by Crippen LogP contribution is 2.35. The first-order valence-corrected chi connectivity index (χ1v) is 12.5. The van der Waals surface area contributed by atoms with E-state index in [4.69, 9.17) is 9.47 Å². The van der Waals surface area contributed by atoms with Crippen molar-refractivity contribution < 1.29 is 27.1 Å². The number of aromatic nitrogens is 1. The molecule has 8 nitrogen and oxygen atoms in total. The van der Waals surface area contributed by atoms with E-state index in [0.717, 1.165) is 34.5 Å². The summed E-state index contributed by atoms with van der Waals surface area (Å²) in [6, 6.07) is 14.2. The first-order chi connectivity index (χ1) is 16.3. The monoisotopic (exact) mass is 499 g/mol. The van der Waals surface area contributed by atoms with Gasteiger partial charge in [-0.25, -0.2) is 12.8 Å². The van der Waals surface area contributed by atoms with Crippen LogP contribution in [0.5, 0.6) is 11.5 Å². The molecule has 0 bridgehead atoms. The van der Waals surface area contributed by atoms with Gasteiger partial charge in [0, 0.05) is 30.4 Å². The van der Waals surface area contributed by atoms with Crippen molar-refractivity contribution in [1.82, 2.24) is 4.57 Å². The lowest BCUT2D eigenvalue weighted by molar-refractivity contribution is 0.0998. The fourth-order valence-corrected chi connectivity index (χ4v) is 5.54. The van der Waals surface area contributed by atoms with Crippen molar-refractivity contribution >= 4 is 43.2 Å². The minimum absolute atomic E-state index is 0.0942. The number of aryl methyl sites for hydroxylation is 1. The van der Waals surface area contributed by atoms with Crippen LogP contribution in [0.25, 0.3) is 10.2 Å². The highest BCUT2D eigenvalue weighted by molar-refractivity contribution is 7.92. The minimum atomic E-state index is -3.95. The van der Waals surface area contributed by atoms with Gasteiger partial charge in [0.25, 0.3) is 15.9 Å². The second kappa shape index (κ2) is 8.58. The van der Waals surface area contributed by atoms with E-state index in [0.29, 0.717) is 29.5 Å². The van der Waals surface area contributed by atoms with Gasteiger partial charge in [-0.05, 0) is 42.5 Å². The van der Waals surface area contributed by atoms with Crippen LogP contribution in [0.15, 0.2) is 70.6 Å². The van der Waals surface area contributed by atoms with E-state index >= 15 is 0 Å². The number of nitrogens with zero attached hydrogens (tertiary/aromatic N) is 2. The van der Waals surface area contributed by atoms with Gasteiger partial charge in [0.2, 0.25) is 0 Å². The fraction of sp³-hybridized carbons (Fsp3) is 0.130. The predicted molar refractivity (Wildman–Crippen MR) is 125 cm³/mol. The summed E-state index contributed by atoms with van der Waals surface area (Å²) in [5.41, 5.74) is 1.25. The number of carbonyl (C=O) groups is 1. The number of fused-ring (bicyclic) bond motifs is 2. The summed E-state index contributed by atoms with van der Waals surface area (Å²) in [6.45, 7) is 0.955. The Bertz CT molecular complexity index is 1590. The molecule has 0 fully saturated rings. The Balaban J connectivity index is 1.44. The van der Waals surface area contributed by atoms with Crippen LogP contribution in [0.1, 0.15) is 10.4 Å². The van der Waals surface area contributed by atoms with Gasteiger partial charge in [0.15, 0.2) is 16.3 Å². The Labute approximate surface area is 198 Å². The first-order valence-electron chi connectivity index (χ1n) is 10.2. The van der Waals surface area contributed by atoms with E-state index < -0.39 is 21.7 Å². The van der Waals surface area contributed by atoms with Crippen molar-refractivity contribution in [3.8, 4) is 11.5 Å². The van der Waals surface area contributed by atoms with E-state index in [1.807, 2.05) is 12.1 Å². The van der Waals surface area contributed by atoms with Crippen LogP contribution in [-0.4, -0.2) is 32.1 Å². The molecule has 1 amide bonds. The molecule has 174 valence electrons. The van der Waals surface area contributed by atoms with Crippen molar-refractivity contribution in [3.63, 3.8) is 0 Å². The van der Waals surface area contributed by atoms with Crippen LogP contribution >= 0.6 is 11.3 Å². The highest BCUT2D eigenvalue weighted by Gasteiger charge is 2.17. The molecule has 0 saturated carbocycles. The molecule has 0 aliphatic carbocycles. The van der Waals surface area contributed by atoms with Crippen molar-refractivity contribution in [1.29, 1.82) is 0 Å². The smallest absolute Gasteiger partial charge is 0.279 e. The summed E-state index contributed by atoms with van der Waals surface area (Å²) < 4.78 is 54.6. The van der Waals surface area contributed by atoms with Gasteiger partial charge in [0.1, 0.15) is 19.0 Å². The van der Waals surface area contributed by atoms with Crippen LogP contribution in [-0.2, 0) is 17.1 Å². The molecule has 2 heterocycles. The molecule has 0 saturated heterocycles. The van der Waals surface area contributed by atoms with Crippen LogP contribution in [0.2, 0.25) is 0 Å². The van der Waals surface area contributed by atoms with E-state index in [1.165, 1.54) is 23.5 Å². The maximum atomic E-state index is 13.1. The van der Waals surface area contributed by atoms with E-state index in [2.05, 4.69) is 9.71 Å². The summed E-state index contributed by atoms with van der Waals surface area (Å²) in [5.74, 6) is 0.232. The molecule has 0 unspecified atom stereocenters. The van der Waals surface area contributed by atoms with Gasteiger partial charge in [0.05, 0.1) is 15.1 Å². The molecule has 4 aromatic rings. The quantitative estimate of drug-likeness (QED) is 0.462. The average molecular weight is 500 g/mol. The molecule has 34 heavy (non-hydrogen) atoms. The number of benzene rings is 3. The van der Waals surface area contributed by atoms with Gasteiger partial charge in [-0.1, -0.05) is 17.4 Å². The Morgan fingerprint density at radius 3 is 2.50 bits per heavy atom. The summed E-state index contributed by atoms with van der Waals surface area (Å²) >= 11 is 1.33. The molecule has 1 N–H and O–H groups in total. The normalized spacial score (nSPS) is 13.8. The zero-order valence-corrected chi connectivity index (χ0v) is 19.5. The number of carbonyl (C=O) groups excluding carboxylic acids is 1. The number of hydrogen-bond acceptors (Lipinski definition) is 6. The fourth-order valence-electron chi connectivity index (χ4n) is 3.47. The Kier molecular flexibility index (Phi) is 5.58. The lowest BCUT2D eigenvalue weighted by Crippen LogP contribution is -2.16. The SMILES string of the molecule is Cn1c(=NC(=O)c2cccc(NS(=O)(=O)c3ccc(F)cc3)c2)sc2cc3c(cc21)OCCO3. The molecular weight excluding hydrogens is 481 g/mol. The topological polar surface area (TPSA) is 99.0 Å². The minimum Gasteiger partial charge on any atom is -0.486 e. The number of sulfonamides is 1. The average Bonchev–Trinajstić information content (AvgIpc) is 3.12. The molecule has 1 aromatic heterocycles. The summed E-state index contributed by atoms with van der Waals surface area (Å²) in [5, 5.41) is 0. The second-order valence-corrected chi connectivity index (χ2v) is 10.2. The van der Waals surface area contributed by atoms with Gasteiger partial charge < -0.3 is 14.0 Å². The molecule has 5 rings (SSSR count). The van der Waals surface area contributed by atoms with Crippen molar-refractivity contribution in [2.24, 2.45) is 12.0 Å². The first kappa shape index (κ1) is 22.1. The van der Waals surface area contributed by atoms with E-state index in [9.17, 15) is 17.6 Å². The second-order valence-electron chi connectivity index (χ2n) is 7.46. The highest BCUT2D eigenvalue weighted by atomic mass is 32.2. The molecule has 0 spiro atoms. The number of amides is 1. The molecule has 3 aromatic carbocycles. The zero-order valence-electron chi connectivity index (χ0n) is 17.8. The number of anilines is 1. The Hall–Kier alpha value is -3.70. The molecule has 0 radical (unpaired) electrons. The van der Waals surface area contributed by atoms with E-state index in [1.54, 1.807) is 23.7 Å². The number of ether oxygens (including phenoxy) is 2. The van der Waals surface area contributed by atoms with Gasteiger partial charge in [-0.15, -0.1) is 0 Å². The number of halogens is 1. The van der Waals surface area contributed by atoms with Gasteiger partial charge in [-0.3, -0.25) is 9.52 Å². The predicted octanol–water partition coefficient (Wildman–Crippen LogP) is 3.69. The number of rotatable bonds is 4. The molecule has 1 aliphatic heterocycles. The van der Waals surface area contributed by atoms with Crippen LogP contribution in [0.3, 0.4) is 0 Å². The molecule has 1 aliphatic rings. The number of nitrogens with one attached hydrogen (secondary N) is 1. The van der Waals surface area contributed by atoms with Crippen LogP contribution in [0.4, 0.5) is 10.1 Å². The summed E-state index contributed by atoms with van der Waals surface area (Å²) in [4.78, 5) is 17.5. The number of thiazole rings is 1. The van der Waals surface area contributed by atoms with Gasteiger partial charge >= 0.3 is 0 Å². The molecular formula is C23H18FN3O5S2. The third-order valence-electron chi connectivity index (χ3n) is 5.16. The summed E-state index contributed by atoms with van der Waals surface area (Å²) in [6.07, 6.45) is 0. The van der Waals surface area contributed by atoms with E-state index in [-0.39, 0.29) is 16.1 Å². The van der Waals surface area contributed by atoms with Crippen LogP contribution in [0, 0.1) is 5.82 Å². The zero-order chi connectivity index (χ0) is 23.9. The molecule has 0 atom stereocenters. The summed E-state index contributed by atoms with van der Waals surface area (Å²) in [7, 11) is -2.15. The maximum absolute atomic E-state index is 13.1. The molecule has 11 heteroatoms. The lowest BCUT2D eigenvalue weighted by Gasteiger charge is -2.18. The largest absolute Gasteiger partial charge is 0.486 e. The third-order valence-corrected chi connectivity index (χ3v) is 7.65.